The van der Waals surface area contributed by atoms with Gasteiger partial charge >= 0.3 is 0 Å². The minimum atomic E-state index is 0.260. The molecule has 1 amide bonds. The van der Waals surface area contributed by atoms with Crippen LogP contribution >= 0.6 is 0 Å². The highest BCUT2D eigenvalue weighted by Crippen LogP contribution is 2.30. The first kappa shape index (κ1) is 16.2. The molecular formula is C18H28N4O. The van der Waals surface area contributed by atoms with Crippen LogP contribution in [0, 0.1) is 11.8 Å². The number of carbonyl (C=O) groups excluding carboxylic acids is 1. The molecule has 0 bridgehead atoms. The lowest BCUT2D eigenvalue weighted by Crippen LogP contribution is -2.50. The summed E-state index contributed by atoms with van der Waals surface area (Å²) >= 11 is 0. The number of pyridine rings is 1. The fourth-order valence-electron chi connectivity index (χ4n) is 3.90. The van der Waals surface area contributed by atoms with Gasteiger partial charge in [0.1, 0.15) is 0 Å². The van der Waals surface area contributed by atoms with Crippen LogP contribution in [0.15, 0.2) is 24.5 Å². The number of nitrogens with zero attached hydrogens (tertiary/aromatic N) is 3. The number of hydrogen-bond donors (Lipinski definition) is 1. The molecule has 2 heterocycles. The zero-order valence-corrected chi connectivity index (χ0v) is 14.1. The van der Waals surface area contributed by atoms with Gasteiger partial charge in [-0.15, -0.1) is 0 Å². The molecule has 0 radical (unpaired) electrons. The molecule has 2 aliphatic rings. The molecule has 126 valence electrons. The Hall–Kier alpha value is -1.62. The minimum Gasteiger partial charge on any atom is -0.368 e. The van der Waals surface area contributed by atoms with Crippen molar-refractivity contribution in [3.63, 3.8) is 0 Å². The van der Waals surface area contributed by atoms with Crippen molar-refractivity contribution in [2.75, 3.05) is 44.7 Å². The number of piperazine rings is 1. The topological polar surface area (TPSA) is 48.5 Å². The third kappa shape index (κ3) is 4.02. The SMILES string of the molecule is CNC[C@H]1CC[C@H](C(=O)N2CCN(c3ccncc3)CC2)CC1. The van der Waals surface area contributed by atoms with Crippen molar-refractivity contribution < 1.29 is 4.79 Å². The van der Waals surface area contributed by atoms with Crippen LogP contribution in [0.3, 0.4) is 0 Å². The highest BCUT2D eigenvalue weighted by molar-refractivity contribution is 5.79. The van der Waals surface area contributed by atoms with Crippen LogP contribution in [0.2, 0.25) is 0 Å². The molecule has 1 aromatic heterocycles. The number of carbonyl (C=O) groups is 1. The molecule has 3 rings (SSSR count). The van der Waals surface area contributed by atoms with Crippen molar-refractivity contribution in [1.82, 2.24) is 15.2 Å². The van der Waals surface area contributed by atoms with Crippen molar-refractivity contribution >= 4 is 11.6 Å². The fraction of sp³-hybridized carbons (Fsp3) is 0.667. The van der Waals surface area contributed by atoms with Gasteiger partial charge in [0.2, 0.25) is 5.91 Å². The highest BCUT2D eigenvalue weighted by atomic mass is 16.2. The van der Waals surface area contributed by atoms with Gasteiger partial charge in [-0.1, -0.05) is 0 Å². The largest absolute Gasteiger partial charge is 0.368 e. The lowest BCUT2D eigenvalue weighted by Gasteiger charge is -2.38. The number of anilines is 1. The van der Waals surface area contributed by atoms with Crippen LogP contribution in [-0.4, -0.2) is 55.6 Å². The zero-order valence-electron chi connectivity index (χ0n) is 14.1. The van der Waals surface area contributed by atoms with E-state index in [0.29, 0.717) is 5.91 Å². The molecule has 0 aromatic carbocycles. The molecule has 1 saturated carbocycles. The summed E-state index contributed by atoms with van der Waals surface area (Å²) in [7, 11) is 2.01. The van der Waals surface area contributed by atoms with Crippen LogP contribution in [0.1, 0.15) is 25.7 Å². The van der Waals surface area contributed by atoms with Crippen molar-refractivity contribution in [2.45, 2.75) is 25.7 Å². The summed E-state index contributed by atoms with van der Waals surface area (Å²) in [6, 6.07) is 4.08. The van der Waals surface area contributed by atoms with E-state index in [1.165, 1.54) is 18.5 Å². The molecule has 0 spiro atoms. The Morgan fingerprint density at radius 3 is 2.39 bits per heavy atom. The standard InChI is InChI=1S/C18H28N4O/c1-19-14-15-2-4-16(5-3-15)18(23)22-12-10-21(11-13-22)17-6-8-20-9-7-17/h6-9,15-16,19H,2-5,10-14H2,1H3/t15-,16-. The first-order valence-electron chi connectivity index (χ1n) is 8.86. The van der Waals surface area contributed by atoms with Crippen LogP contribution in [0.5, 0.6) is 0 Å². The van der Waals surface area contributed by atoms with Gasteiger partial charge < -0.3 is 15.1 Å². The smallest absolute Gasteiger partial charge is 0.225 e. The van der Waals surface area contributed by atoms with Crippen molar-refractivity contribution in [3.05, 3.63) is 24.5 Å². The number of aromatic nitrogens is 1. The summed E-state index contributed by atoms with van der Waals surface area (Å²) in [5, 5.41) is 3.26. The van der Waals surface area contributed by atoms with Gasteiger partial charge in [-0.2, -0.15) is 0 Å². The molecule has 2 fully saturated rings. The molecule has 23 heavy (non-hydrogen) atoms. The van der Waals surface area contributed by atoms with E-state index in [9.17, 15) is 4.79 Å². The van der Waals surface area contributed by atoms with E-state index in [2.05, 4.69) is 20.1 Å². The van der Waals surface area contributed by atoms with E-state index in [1.54, 1.807) is 0 Å². The maximum absolute atomic E-state index is 12.7. The zero-order chi connectivity index (χ0) is 16.1. The third-order valence-electron chi connectivity index (χ3n) is 5.31. The van der Waals surface area contributed by atoms with Crippen molar-refractivity contribution in [2.24, 2.45) is 11.8 Å². The fourth-order valence-corrected chi connectivity index (χ4v) is 3.90. The number of amides is 1. The van der Waals surface area contributed by atoms with Crippen molar-refractivity contribution in [1.29, 1.82) is 0 Å². The summed E-state index contributed by atoms with van der Waals surface area (Å²) < 4.78 is 0. The molecule has 1 saturated heterocycles. The summed E-state index contributed by atoms with van der Waals surface area (Å²) in [4.78, 5) is 21.2. The van der Waals surface area contributed by atoms with E-state index >= 15 is 0 Å². The number of nitrogens with one attached hydrogen (secondary N) is 1. The average molecular weight is 316 g/mol. The second-order valence-corrected chi connectivity index (χ2v) is 6.79. The van der Waals surface area contributed by atoms with Gasteiger partial charge in [-0.05, 0) is 57.3 Å². The summed E-state index contributed by atoms with van der Waals surface area (Å²) in [5.41, 5.74) is 1.21. The molecule has 1 aliphatic heterocycles. The second-order valence-electron chi connectivity index (χ2n) is 6.79. The summed E-state index contributed by atoms with van der Waals surface area (Å²) in [5.74, 6) is 1.41. The van der Waals surface area contributed by atoms with E-state index in [1.807, 2.05) is 31.6 Å². The van der Waals surface area contributed by atoms with E-state index in [0.717, 1.165) is 51.5 Å². The maximum atomic E-state index is 12.7. The first-order chi connectivity index (χ1) is 11.3. The Morgan fingerprint density at radius 2 is 1.78 bits per heavy atom. The molecule has 5 heteroatoms. The molecule has 0 atom stereocenters. The van der Waals surface area contributed by atoms with Crippen LogP contribution in [0.25, 0.3) is 0 Å². The maximum Gasteiger partial charge on any atom is 0.225 e. The van der Waals surface area contributed by atoms with Gasteiger partial charge in [0.15, 0.2) is 0 Å². The third-order valence-corrected chi connectivity index (χ3v) is 5.31. The molecule has 0 unspecified atom stereocenters. The Balaban J connectivity index is 1.47. The molecule has 1 N–H and O–H groups in total. The molecular weight excluding hydrogens is 288 g/mol. The quantitative estimate of drug-likeness (QED) is 0.919. The highest BCUT2D eigenvalue weighted by Gasteiger charge is 2.30. The van der Waals surface area contributed by atoms with Gasteiger partial charge in [0.05, 0.1) is 0 Å². The van der Waals surface area contributed by atoms with E-state index in [4.69, 9.17) is 0 Å². The summed E-state index contributed by atoms with van der Waals surface area (Å²) in [6.07, 6.45) is 8.17. The summed E-state index contributed by atoms with van der Waals surface area (Å²) in [6.45, 7) is 4.62. The predicted molar refractivity (Wildman–Crippen MR) is 92.4 cm³/mol. The first-order valence-corrected chi connectivity index (χ1v) is 8.86. The average Bonchev–Trinajstić information content (AvgIpc) is 2.63. The second kappa shape index (κ2) is 7.77. The Morgan fingerprint density at radius 1 is 1.13 bits per heavy atom. The minimum absolute atomic E-state index is 0.260. The van der Waals surface area contributed by atoms with Crippen molar-refractivity contribution in [3.8, 4) is 0 Å². The van der Waals surface area contributed by atoms with Gasteiger partial charge in [0.25, 0.3) is 0 Å². The van der Waals surface area contributed by atoms with E-state index < -0.39 is 0 Å². The lowest BCUT2D eigenvalue weighted by atomic mass is 9.81. The van der Waals surface area contributed by atoms with E-state index in [-0.39, 0.29) is 5.92 Å². The Kier molecular flexibility index (Phi) is 5.49. The normalized spacial score (nSPS) is 25.4. The van der Waals surface area contributed by atoms with Crippen LogP contribution < -0.4 is 10.2 Å². The predicted octanol–water partition coefficient (Wildman–Crippen LogP) is 1.76. The number of hydrogen-bond acceptors (Lipinski definition) is 4. The number of rotatable bonds is 4. The Bertz CT molecular complexity index is 491. The lowest BCUT2D eigenvalue weighted by molar-refractivity contribution is -0.137. The van der Waals surface area contributed by atoms with Gasteiger partial charge in [-0.25, -0.2) is 0 Å². The molecule has 5 nitrogen and oxygen atoms in total. The van der Waals surface area contributed by atoms with Crippen LogP contribution in [-0.2, 0) is 4.79 Å². The monoisotopic (exact) mass is 316 g/mol. The molecule has 1 aromatic rings. The molecule has 1 aliphatic carbocycles. The van der Waals surface area contributed by atoms with Gasteiger partial charge in [-0.3, -0.25) is 9.78 Å². The van der Waals surface area contributed by atoms with Crippen LogP contribution in [0.4, 0.5) is 5.69 Å². The Labute approximate surface area is 139 Å². The van der Waals surface area contributed by atoms with Gasteiger partial charge in [0, 0.05) is 50.2 Å².